The van der Waals surface area contributed by atoms with Gasteiger partial charge >= 0.3 is 20.4 Å². The molecule has 0 atom stereocenters. The molecule has 0 heterocycles. The minimum Gasteiger partial charge on any atom is -0.706 e. The average molecular weight is 769 g/mol. The van der Waals surface area contributed by atoms with Crippen LogP contribution in [0.5, 0.6) is 0 Å². The van der Waals surface area contributed by atoms with Crippen molar-refractivity contribution in [3.63, 3.8) is 0 Å². The van der Waals surface area contributed by atoms with E-state index >= 15 is 0 Å². The van der Waals surface area contributed by atoms with Gasteiger partial charge in [-0.2, -0.15) is 14.1 Å². The standard InChI is InChI=1S/C28H31P.C12H9N.CH4O3S.Pd/c1-27(2,3)29(28(4,5)6)25-19-18-21-13-8-10-16-23(21)26(25)24-17-11-14-20-12-7-9-15-22(20)24;13-12-9-5-4-8-11(12)10-6-2-1-3-7-10;1-5(2,3)4;/h7-19H,1-6H3;1-6,8-9,13H;1H3,(H,2,3,4);/q;-2;;+2/p+1. The van der Waals surface area contributed by atoms with Gasteiger partial charge in [0.15, 0.2) is 0 Å². The Morgan fingerprint density at radius 2 is 1.10 bits per heavy atom. The van der Waals surface area contributed by atoms with Gasteiger partial charge in [-0.05, 0) is 74.7 Å². The van der Waals surface area contributed by atoms with Crippen molar-refractivity contribution in [1.29, 1.82) is 0 Å². The molecule has 0 fully saturated rings. The maximum Gasteiger partial charge on any atom is 2.00 e. The van der Waals surface area contributed by atoms with Crippen molar-refractivity contribution in [2.45, 2.75) is 51.9 Å². The van der Waals surface area contributed by atoms with Crippen molar-refractivity contribution in [2.75, 3.05) is 6.26 Å². The predicted molar refractivity (Wildman–Crippen MR) is 207 cm³/mol. The second-order valence-electron chi connectivity index (χ2n) is 13.7. The molecule has 0 bridgehead atoms. The fourth-order valence-corrected chi connectivity index (χ4v) is 11.1. The van der Waals surface area contributed by atoms with E-state index in [0.29, 0.717) is 11.9 Å². The molecule has 6 rings (SSSR count). The van der Waals surface area contributed by atoms with E-state index in [9.17, 15) is 8.42 Å². The monoisotopic (exact) mass is 768 g/mol. The maximum absolute atomic E-state index is 9.19. The molecule has 0 aliphatic heterocycles. The molecule has 0 saturated heterocycles. The van der Waals surface area contributed by atoms with E-state index in [-0.39, 0.29) is 30.7 Å². The summed E-state index contributed by atoms with van der Waals surface area (Å²) in [5.74, 6) is 0. The first-order chi connectivity index (χ1) is 22.1. The molecule has 0 amide bonds. The second kappa shape index (κ2) is 16.4. The third-order valence-electron chi connectivity index (χ3n) is 7.68. The number of benzene rings is 6. The first-order valence-corrected chi connectivity index (χ1v) is 19.0. The van der Waals surface area contributed by atoms with Gasteiger partial charge in [0.1, 0.15) is 5.30 Å². The molecular weight excluding hydrogens is 724 g/mol. The van der Waals surface area contributed by atoms with Crippen LogP contribution in [0.4, 0.5) is 5.69 Å². The minimum atomic E-state index is -3.67. The molecule has 48 heavy (non-hydrogen) atoms. The molecule has 6 aromatic carbocycles. The molecule has 0 saturated carbocycles. The van der Waals surface area contributed by atoms with Crippen LogP contribution < -0.4 is 5.30 Å². The van der Waals surface area contributed by atoms with Crippen LogP contribution in [0.1, 0.15) is 41.5 Å². The van der Waals surface area contributed by atoms with Crippen molar-refractivity contribution in [3.8, 4) is 22.3 Å². The Labute approximate surface area is 302 Å². The number of fused-ring (bicyclic) bond motifs is 2. The van der Waals surface area contributed by atoms with Crippen LogP contribution in [0.3, 0.4) is 0 Å². The normalized spacial score (nSPS) is 11.6. The van der Waals surface area contributed by atoms with E-state index in [0.717, 1.165) is 11.1 Å². The van der Waals surface area contributed by atoms with Gasteiger partial charge in [-0.15, -0.1) is 41.5 Å². The second-order valence-corrected chi connectivity index (χ2v) is 19.4. The zero-order chi connectivity index (χ0) is 34.4. The SMILES string of the molecule is CC(C)(C)[PH+](c1ccc2ccccc2c1-c1cccc2ccccc12)C(C)(C)C.CS(=O)(=O)O.[NH-]c1ccccc1-c1[c-]cccc1.[Pd+2]. The molecule has 6 aromatic rings. The van der Waals surface area contributed by atoms with Crippen LogP contribution in [0.25, 0.3) is 49.5 Å². The molecule has 0 spiro atoms. The number of rotatable bonds is 3. The van der Waals surface area contributed by atoms with Gasteiger partial charge in [0, 0.05) is 13.5 Å². The summed E-state index contributed by atoms with van der Waals surface area (Å²) in [6, 6.07) is 47.6. The van der Waals surface area contributed by atoms with E-state index < -0.39 is 18.0 Å². The summed E-state index contributed by atoms with van der Waals surface area (Å²) in [6.07, 6.45) is 0.715. The molecule has 252 valence electrons. The van der Waals surface area contributed by atoms with Crippen LogP contribution in [0.15, 0.2) is 127 Å². The molecule has 0 aliphatic rings. The van der Waals surface area contributed by atoms with Crippen LogP contribution >= 0.6 is 7.92 Å². The first-order valence-electron chi connectivity index (χ1n) is 15.6. The smallest absolute Gasteiger partial charge is 0.706 e. The number of hydrogen-bond donors (Lipinski definition) is 1. The van der Waals surface area contributed by atoms with Crippen LogP contribution in [0.2, 0.25) is 0 Å². The van der Waals surface area contributed by atoms with Crippen molar-refractivity contribution in [1.82, 2.24) is 0 Å². The van der Waals surface area contributed by atoms with E-state index in [1.807, 2.05) is 42.5 Å². The predicted octanol–water partition coefficient (Wildman–Crippen LogP) is 11.4. The van der Waals surface area contributed by atoms with Gasteiger partial charge in [0.05, 0.1) is 16.6 Å². The topological polar surface area (TPSA) is 78.2 Å². The zero-order valence-electron chi connectivity index (χ0n) is 28.6. The Balaban J connectivity index is 0.000000272. The fourth-order valence-electron chi connectivity index (χ4n) is 6.43. The minimum absolute atomic E-state index is 0. The van der Waals surface area contributed by atoms with Gasteiger partial charge < -0.3 is 5.73 Å². The molecule has 0 aromatic heterocycles. The Kier molecular flexibility index (Phi) is 13.3. The van der Waals surface area contributed by atoms with Crippen LogP contribution in [0, 0.1) is 6.07 Å². The summed E-state index contributed by atoms with van der Waals surface area (Å²) >= 11 is 0. The summed E-state index contributed by atoms with van der Waals surface area (Å²) in [6.45, 7) is 14.6. The largest absolute Gasteiger partial charge is 2.00 e. The number of nitrogens with one attached hydrogen (secondary N) is 1. The van der Waals surface area contributed by atoms with Crippen molar-refractivity contribution in [2.24, 2.45) is 0 Å². The Bertz CT molecular complexity index is 2040. The Morgan fingerprint density at radius 1 is 0.625 bits per heavy atom. The molecule has 0 unspecified atom stereocenters. The van der Waals surface area contributed by atoms with Gasteiger partial charge in [0.2, 0.25) is 0 Å². The molecule has 2 N–H and O–H groups in total. The fraction of sp³-hybridized carbons (Fsp3) is 0.220. The number of hydrogen-bond acceptors (Lipinski definition) is 2. The third-order valence-corrected chi connectivity index (χ3v) is 11.6. The van der Waals surface area contributed by atoms with Gasteiger partial charge in [-0.3, -0.25) is 4.55 Å². The van der Waals surface area contributed by atoms with E-state index in [1.165, 1.54) is 32.7 Å². The summed E-state index contributed by atoms with van der Waals surface area (Å²) < 4.78 is 25.9. The van der Waals surface area contributed by atoms with E-state index in [2.05, 4.69) is 126 Å². The van der Waals surface area contributed by atoms with Gasteiger partial charge in [0.25, 0.3) is 10.1 Å². The first kappa shape index (κ1) is 39.1. The van der Waals surface area contributed by atoms with Crippen molar-refractivity contribution < 1.29 is 33.4 Å². The van der Waals surface area contributed by atoms with Crippen LogP contribution in [-0.4, -0.2) is 29.5 Å². The summed E-state index contributed by atoms with van der Waals surface area (Å²) in [7, 11) is -4.55. The molecule has 7 heteroatoms. The van der Waals surface area contributed by atoms with Crippen molar-refractivity contribution >= 4 is 50.6 Å². The molecule has 0 radical (unpaired) electrons. The summed E-state index contributed by atoms with van der Waals surface area (Å²) in [4.78, 5) is 0. The van der Waals surface area contributed by atoms with Crippen molar-refractivity contribution in [3.05, 3.63) is 139 Å². The zero-order valence-corrected chi connectivity index (χ0v) is 32.0. The Morgan fingerprint density at radius 3 is 1.67 bits per heavy atom. The van der Waals surface area contributed by atoms with Gasteiger partial charge in [-0.25, -0.2) is 0 Å². The average Bonchev–Trinajstić information content (AvgIpc) is 3.00. The third kappa shape index (κ3) is 10.3. The summed E-state index contributed by atoms with van der Waals surface area (Å²) in [5, 5.41) is 7.42. The van der Waals surface area contributed by atoms with Gasteiger partial charge in [-0.1, -0.05) is 97.1 Å². The van der Waals surface area contributed by atoms with E-state index in [4.69, 9.17) is 10.3 Å². The Hall–Kier alpha value is -3.36. The molecule has 4 nitrogen and oxygen atoms in total. The maximum atomic E-state index is 9.19. The quantitative estimate of drug-likeness (QED) is 0.0843. The van der Waals surface area contributed by atoms with Crippen LogP contribution in [-0.2, 0) is 30.5 Å². The summed E-state index contributed by atoms with van der Waals surface area (Å²) in [5.41, 5.74) is 13.0. The molecule has 0 aliphatic carbocycles. The molecular formula is C41H45NO3PPdS+. The van der Waals surface area contributed by atoms with E-state index in [1.54, 1.807) is 11.4 Å².